The Morgan fingerprint density at radius 1 is 1.42 bits per heavy atom. The van der Waals surface area contributed by atoms with Gasteiger partial charge in [-0.3, -0.25) is 4.79 Å². The fourth-order valence-corrected chi connectivity index (χ4v) is 1.40. The van der Waals surface area contributed by atoms with Crippen LogP contribution in [0.4, 0.5) is 0 Å². The number of allylic oxidation sites excluding steroid dienone is 1. The summed E-state index contributed by atoms with van der Waals surface area (Å²) in [5, 5.41) is 0. The van der Waals surface area contributed by atoms with Gasteiger partial charge in [0.1, 0.15) is 0 Å². The first-order chi connectivity index (χ1) is 5.75. The molecule has 0 spiro atoms. The summed E-state index contributed by atoms with van der Waals surface area (Å²) in [5.74, 6) is -0.0996. The molecule has 0 bridgehead atoms. The van der Waals surface area contributed by atoms with E-state index in [1.165, 1.54) is 11.6 Å². The Kier molecular flexibility index (Phi) is 3.50. The van der Waals surface area contributed by atoms with Crippen molar-refractivity contribution in [3.8, 4) is 0 Å². The van der Waals surface area contributed by atoms with Gasteiger partial charge in [0.05, 0.1) is 0 Å². The lowest BCUT2D eigenvalue weighted by atomic mass is 10.1. The molecule has 0 saturated heterocycles. The minimum Gasteiger partial charge on any atom is -0.289 e. The zero-order valence-corrected chi connectivity index (χ0v) is 8.47. The van der Waals surface area contributed by atoms with Crippen molar-refractivity contribution < 1.29 is 4.79 Å². The fourth-order valence-electron chi connectivity index (χ4n) is 0.808. The van der Waals surface area contributed by atoms with Crippen LogP contribution in [0.15, 0.2) is 40.3 Å². The highest BCUT2D eigenvalue weighted by atomic mass is 79.9. The van der Waals surface area contributed by atoms with Crippen molar-refractivity contribution in [2.45, 2.75) is 0 Å². The van der Waals surface area contributed by atoms with E-state index in [1.54, 1.807) is 12.1 Å². The summed E-state index contributed by atoms with van der Waals surface area (Å²) in [7, 11) is 0. The number of ketones is 1. The Bertz CT molecular complexity index is 320. The highest BCUT2D eigenvalue weighted by molar-refractivity contribution is 9.10. The van der Waals surface area contributed by atoms with E-state index in [4.69, 9.17) is 11.6 Å². The third-order valence-corrected chi connectivity index (χ3v) is 2.17. The monoisotopic (exact) mass is 244 g/mol. The number of carbonyl (C=O) groups is 1. The summed E-state index contributed by atoms with van der Waals surface area (Å²) in [4.78, 5) is 11.3. The van der Waals surface area contributed by atoms with Gasteiger partial charge in [0.15, 0.2) is 5.78 Å². The SMILES string of the molecule is O=C(/C=C/Cl)c1ccccc1Br. The number of hydrogen-bond donors (Lipinski definition) is 0. The Morgan fingerprint density at radius 2 is 2.08 bits per heavy atom. The van der Waals surface area contributed by atoms with Crippen molar-refractivity contribution >= 4 is 33.3 Å². The molecule has 12 heavy (non-hydrogen) atoms. The summed E-state index contributed by atoms with van der Waals surface area (Å²) in [6.07, 6.45) is 1.32. The second-order valence-corrected chi connectivity index (χ2v) is 3.24. The predicted octanol–water partition coefficient (Wildman–Crippen LogP) is 3.38. The molecular formula is C9H6BrClO. The van der Waals surface area contributed by atoms with E-state index in [1.807, 2.05) is 12.1 Å². The molecule has 1 nitrogen and oxygen atoms in total. The Hall–Kier alpha value is -0.600. The average molecular weight is 246 g/mol. The summed E-state index contributed by atoms with van der Waals surface area (Å²) >= 11 is 8.55. The number of carbonyl (C=O) groups excluding carboxylic acids is 1. The van der Waals surface area contributed by atoms with Crippen LogP contribution in [0.1, 0.15) is 10.4 Å². The zero-order chi connectivity index (χ0) is 8.97. The maximum Gasteiger partial charge on any atom is 0.187 e. The zero-order valence-electron chi connectivity index (χ0n) is 6.13. The van der Waals surface area contributed by atoms with Gasteiger partial charge in [-0.25, -0.2) is 0 Å². The standard InChI is InChI=1S/C9H6BrClO/c10-8-4-2-1-3-7(8)9(12)5-6-11/h1-6H/b6-5+. The highest BCUT2D eigenvalue weighted by Gasteiger charge is 2.04. The van der Waals surface area contributed by atoms with Crippen LogP contribution in [0.5, 0.6) is 0 Å². The number of halogens is 2. The number of rotatable bonds is 2. The minimum absolute atomic E-state index is 0.0996. The van der Waals surface area contributed by atoms with Gasteiger partial charge in [0, 0.05) is 15.6 Å². The third kappa shape index (κ3) is 2.19. The van der Waals surface area contributed by atoms with Crippen LogP contribution in [0.25, 0.3) is 0 Å². The lowest BCUT2D eigenvalue weighted by Gasteiger charge is -1.97. The van der Waals surface area contributed by atoms with Gasteiger partial charge in [-0.1, -0.05) is 39.7 Å². The first kappa shape index (κ1) is 9.49. The molecule has 0 unspecified atom stereocenters. The van der Waals surface area contributed by atoms with Gasteiger partial charge in [0.25, 0.3) is 0 Å². The van der Waals surface area contributed by atoms with Crippen molar-refractivity contribution in [2.24, 2.45) is 0 Å². The van der Waals surface area contributed by atoms with Crippen LogP contribution in [0.2, 0.25) is 0 Å². The smallest absolute Gasteiger partial charge is 0.187 e. The Morgan fingerprint density at radius 3 is 2.67 bits per heavy atom. The molecular weight excluding hydrogens is 239 g/mol. The molecule has 0 radical (unpaired) electrons. The molecule has 1 aromatic carbocycles. The fraction of sp³-hybridized carbons (Fsp3) is 0. The van der Waals surface area contributed by atoms with Crippen LogP contribution >= 0.6 is 27.5 Å². The van der Waals surface area contributed by atoms with Crippen LogP contribution < -0.4 is 0 Å². The molecule has 0 aliphatic heterocycles. The van der Waals surface area contributed by atoms with Gasteiger partial charge in [-0.2, -0.15) is 0 Å². The summed E-state index contributed by atoms with van der Waals surface area (Å²) in [6.45, 7) is 0. The lowest BCUT2D eigenvalue weighted by Crippen LogP contribution is -1.94. The number of hydrogen-bond acceptors (Lipinski definition) is 1. The molecule has 0 fully saturated rings. The van der Waals surface area contributed by atoms with Crippen LogP contribution in [0.3, 0.4) is 0 Å². The van der Waals surface area contributed by atoms with E-state index >= 15 is 0 Å². The van der Waals surface area contributed by atoms with Crippen molar-refractivity contribution in [3.63, 3.8) is 0 Å². The van der Waals surface area contributed by atoms with E-state index in [2.05, 4.69) is 15.9 Å². The topological polar surface area (TPSA) is 17.1 Å². The third-order valence-electron chi connectivity index (χ3n) is 1.35. The van der Waals surface area contributed by atoms with E-state index in [-0.39, 0.29) is 5.78 Å². The molecule has 3 heteroatoms. The molecule has 0 atom stereocenters. The molecule has 0 aliphatic carbocycles. The van der Waals surface area contributed by atoms with Crippen molar-refractivity contribution in [1.82, 2.24) is 0 Å². The molecule has 0 aliphatic rings. The lowest BCUT2D eigenvalue weighted by molar-refractivity contribution is 0.104. The highest BCUT2D eigenvalue weighted by Crippen LogP contribution is 2.16. The molecule has 0 heterocycles. The van der Waals surface area contributed by atoms with E-state index in [9.17, 15) is 4.79 Å². The van der Waals surface area contributed by atoms with Crippen LogP contribution in [-0.4, -0.2) is 5.78 Å². The maximum atomic E-state index is 11.3. The van der Waals surface area contributed by atoms with Crippen molar-refractivity contribution in [1.29, 1.82) is 0 Å². The molecule has 1 rings (SSSR count). The van der Waals surface area contributed by atoms with E-state index < -0.39 is 0 Å². The van der Waals surface area contributed by atoms with Gasteiger partial charge >= 0.3 is 0 Å². The Labute approximate surface area is 84.2 Å². The molecule has 0 amide bonds. The van der Waals surface area contributed by atoms with Gasteiger partial charge in [0.2, 0.25) is 0 Å². The molecule has 0 aromatic heterocycles. The Balaban J connectivity index is 3.03. The number of benzene rings is 1. The van der Waals surface area contributed by atoms with Gasteiger partial charge in [-0.05, 0) is 18.2 Å². The molecule has 0 N–H and O–H groups in total. The van der Waals surface area contributed by atoms with Crippen LogP contribution in [-0.2, 0) is 0 Å². The van der Waals surface area contributed by atoms with Gasteiger partial charge < -0.3 is 0 Å². The second-order valence-electron chi connectivity index (χ2n) is 2.14. The van der Waals surface area contributed by atoms with E-state index in [0.717, 1.165) is 4.47 Å². The van der Waals surface area contributed by atoms with E-state index in [0.29, 0.717) is 5.56 Å². The second kappa shape index (κ2) is 4.43. The maximum absolute atomic E-state index is 11.3. The average Bonchev–Trinajstić information content (AvgIpc) is 2.05. The van der Waals surface area contributed by atoms with Gasteiger partial charge in [-0.15, -0.1) is 0 Å². The summed E-state index contributed by atoms with van der Waals surface area (Å²) in [6, 6.07) is 7.21. The molecule has 62 valence electrons. The van der Waals surface area contributed by atoms with Crippen molar-refractivity contribution in [2.75, 3.05) is 0 Å². The quantitative estimate of drug-likeness (QED) is 0.577. The predicted molar refractivity (Wildman–Crippen MR) is 53.5 cm³/mol. The first-order valence-electron chi connectivity index (χ1n) is 3.31. The van der Waals surface area contributed by atoms with Crippen LogP contribution in [0, 0.1) is 0 Å². The largest absolute Gasteiger partial charge is 0.289 e. The summed E-state index contributed by atoms with van der Waals surface area (Å²) in [5.41, 5.74) is 1.83. The summed E-state index contributed by atoms with van der Waals surface area (Å²) < 4.78 is 0.782. The van der Waals surface area contributed by atoms with Crippen molar-refractivity contribution in [3.05, 3.63) is 45.9 Å². The first-order valence-corrected chi connectivity index (χ1v) is 4.54. The minimum atomic E-state index is -0.0996. The molecule has 1 aromatic rings. The normalized spacial score (nSPS) is 10.5. The molecule has 0 saturated carbocycles.